The second-order valence-corrected chi connectivity index (χ2v) is 5.79. The van der Waals surface area contributed by atoms with Crippen LogP contribution in [-0.2, 0) is 16.0 Å². The van der Waals surface area contributed by atoms with Gasteiger partial charge in [-0.3, -0.25) is 14.8 Å². The van der Waals surface area contributed by atoms with Crippen LogP contribution in [0.1, 0.15) is 11.1 Å². The molecular formula is C21H18N2O3. The van der Waals surface area contributed by atoms with Gasteiger partial charge in [-0.05, 0) is 40.1 Å². The summed E-state index contributed by atoms with van der Waals surface area (Å²) >= 11 is 0. The molecule has 0 aliphatic heterocycles. The van der Waals surface area contributed by atoms with Crippen LogP contribution >= 0.6 is 0 Å². The molecule has 3 aromatic rings. The molecule has 5 nitrogen and oxygen atoms in total. The van der Waals surface area contributed by atoms with E-state index in [1.807, 2.05) is 42.5 Å². The number of rotatable bonds is 5. The number of anilines is 1. The molecule has 3 aromatic carbocycles. The Morgan fingerprint density at radius 1 is 0.923 bits per heavy atom. The van der Waals surface area contributed by atoms with Crippen molar-refractivity contribution in [3.63, 3.8) is 0 Å². The van der Waals surface area contributed by atoms with Gasteiger partial charge in [-0.2, -0.15) is 0 Å². The predicted molar refractivity (Wildman–Crippen MR) is 102 cm³/mol. The van der Waals surface area contributed by atoms with E-state index in [2.05, 4.69) is 5.32 Å². The Balaban J connectivity index is 1.66. The van der Waals surface area contributed by atoms with E-state index in [0.29, 0.717) is 12.1 Å². The highest BCUT2D eigenvalue weighted by Gasteiger charge is 2.07. The lowest BCUT2D eigenvalue weighted by atomic mass is 10.0. The summed E-state index contributed by atoms with van der Waals surface area (Å²) in [6.07, 6.45) is 3.07. The fourth-order valence-corrected chi connectivity index (χ4v) is 2.71. The summed E-state index contributed by atoms with van der Waals surface area (Å²) in [5.41, 5.74) is 3.97. The molecule has 0 heterocycles. The van der Waals surface area contributed by atoms with Crippen LogP contribution in [0.25, 0.3) is 16.8 Å². The Morgan fingerprint density at radius 3 is 2.42 bits per heavy atom. The van der Waals surface area contributed by atoms with Gasteiger partial charge in [0.15, 0.2) is 0 Å². The van der Waals surface area contributed by atoms with Crippen molar-refractivity contribution in [3.8, 4) is 0 Å². The maximum atomic E-state index is 12.4. The number of nitrogens with one attached hydrogen (secondary N) is 2. The fraction of sp³-hybridized carbons (Fsp3) is 0.0476. The highest BCUT2D eigenvalue weighted by molar-refractivity contribution is 5.96. The van der Waals surface area contributed by atoms with E-state index in [4.69, 9.17) is 5.21 Å². The second-order valence-electron chi connectivity index (χ2n) is 5.79. The van der Waals surface area contributed by atoms with E-state index in [1.165, 1.54) is 11.6 Å². The van der Waals surface area contributed by atoms with Gasteiger partial charge in [0.1, 0.15) is 0 Å². The first-order chi connectivity index (χ1) is 12.7. The van der Waals surface area contributed by atoms with Crippen molar-refractivity contribution < 1.29 is 14.8 Å². The van der Waals surface area contributed by atoms with E-state index in [9.17, 15) is 9.59 Å². The minimum Gasteiger partial charge on any atom is -0.326 e. The molecule has 0 aromatic heterocycles. The zero-order valence-corrected chi connectivity index (χ0v) is 14.0. The van der Waals surface area contributed by atoms with Crippen LogP contribution < -0.4 is 10.8 Å². The summed E-state index contributed by atoms with van der Waals surface area (Å²) in [6.45, 7) is 0. The molecular weight excluding hydrogens is 328 g/mol. The van der Waals surface area contributed by atoms with Crippen molar-refractivity contribution in [2.24, 2.45) is 0 Å². The Hall–Kier alpha value is -3.44. The lowest BCUT2D eigenvalue weighted by Gasteiger charge is -2.08. The second kappa shape index (κ2) is 8.09. The molecule has 0 spiro atoms. The van der Waals surface area contributed by atoms with E-state index >= 15 is 0 Å². The third-order valence-corrected chi connectivity index (χ3v) is 3.96. The van der Waals surface area contributed by atoms with E-state index in [1.54, 1.807) is 30.3 Å². The van der Waals surface area contributed by atoms with Crippen molar-refractivity contribution in [3.05, 3.63) is 83.9 Å². The lowest BCUT2D eigenvalue weighted by molar-refractivity contribution is -0.124. The minimum absolute atomic E-state index is 0.0932. The first-order valence-electron chi connectivity index (χ1n) is 8.14. The zero-order chi connectivity index (χ0) is 18.4. The van der Waals surface area contributed by atoms with Gasteiger partial charge in [0.05, 0.1) is 6.42 Å². The number of hydroxylamine groups is 1. The van der Waals surface area contributed by atoms with Gasteiger partial charge in [0.25, 0.3) is 5.91 Å². The van der Waals surface area contributed by atoms with Gasteiger partial charge < -0.3 is 5.32 Å². The van der Waals surface area contributed by atoms with Crippen LogP contribution in [0.15, 0.2) is 72.8 Å². The molecule has 5 heteroatoms. The summed E-state index contributed by atoms with van der Waals surface area (Å²) in [6, 6.07) is 21.0. The summed E-state index contributed by atoms with van der Waals surface area (Å²) < 4.78 is 0. The zero-order valence-electron chi connectivity index (χ0n) is 14.0. The number of hydrogen-bond acceptors (Lipinski definition) is 3. The predicted octanol–water partition coefficient (Wildman–Crippen LogP) is 3.54. The molecule has 0 radical (unpaired) electrons. The van der Waals surface area contributed by atoms with Gasteiger partial charge in [0.2, 0.25) is 5.91 Å². The molecule has 0 saturated carbocycles. The summed E-state index contributed by atoms with van der Waals surface area (Å²) in [5.74, 6) is -0.693. The van der Waals surface area contributed by atoms with E-state index < -0.39 is 5.91 Å². The van der Waals surface area contributed by atoms with Crippen LogP contribution in [0, 0.1) is 0 Å². The molecule has 0 aliphatic rings. The number of carbonyl (C=O) groups is 2. The molecule has 0 atom stereocenters. The SMILES string of the molecule is O=C(C=Cc1ccc(NC(=O)Cc2cccc3ccccc23)cc1)NO. The molecule has 130 valence electrons. The molecule has 0 bridgehead atoms. The largest absolute Gasteiger partial charge is 0.326 e. The third kappa shape index (κ3) is 4.34. The van der Waals surface area contributed by atoms with Crippen molar-refractivity contribution in [1.29, 1.82) is 0 Å². The van der Waals surface area contributed by atoms with Crippen LogP contribution in [0.3, 0.4) is 0 Å². The van der Waals surface area contributed by atoms with Crippen molar-refractivity contribution in [2.45, 2.75) is 6.42 Å². The maximum Gasteiger partial charge on any atom is 0.267 e. The molecule has 3 N–H and O–H groups in total. The first-order valence-corrected chi connectivity index (χ1v) is 8.14. The highest BCUT2D eigenvalue weighted by Crippen LogP contribution is 2.19. The lowest BCUT2D eigenvalue weighted by Crippen LogP contribution is -2.15. The highest BCUT2D eigenvalue weighted by atomic mass is 16.5. The number of benzene rings is 3. The molecule has 0 aliphatic carbocycles. The van der Waals surface area contributed by atoms with Crippen LogP contribution in [0.5, 0.6) is 0 Å². The van der Waals surface area contributed by atoms with Gasteiger partial charge in [-0.15, -0.1) is 0 Å². The third-order valence-electron chi connectivity index (χ3n) is 3.96. The molecule has 3 rings (SSSR count). The minimum atomic E-state index is -0.600. The molecule has 2 amide bonds. The topological polar surface area (TPSA) is 78.4 Å². The van der Waals surface area contributed by atoms with E-state index in [0.717, 1.165) is 21.9 Å². The van der Waals surface area contributed by atoms with Crippen LogP contribution in [-0.4, -0.2) is 17.0 Å². The average Bonchev–Trinajstić information content (AvgIpc) is 2.67. The summed E-state index contributed by atoms with van der Waals surface area (Å²) in [4.78, 5) is 23.3. The van der Waals surface area contributed by atoms with Gasteiger partial charge in [-0.25, -0.2) is 5.48 Å². The smallest absolute Gasteiger partial charge is 0.267 e. The summed E-state index contributed by atoms with van der Waals surface area (Å²) in [5, 5.41) is 13.5. The maximum absolute atomic E-state index is 12.4. The Morgan fingerprint density at radius 2 is 1.65 bits per heavy atom. The first kappa shape index (κ1) is 17.4. The van der Waals surface area contributed by atoms with Crippen molar-refractivity contribution >= 4 is 34.4 Å². The number of fused-ring (bicyclic) bond motifs is 1. The van der Waals surface area contributed by atoms with Gasteiger partial charge >= 0.3 is 0 Å². The van der Waals surface area contributed by atoms with E-state index in [-0.39, 0.29) is 5.91 Å². The quantitative estimate of drug-likeness (QED) is 0.376. The molecule has 26 heavy (non-hydrogen) atoms. The monoisotopic (exact) mass is 346 g/mol. The van der Waals surface area contributed by atoms with Crippen molar-refractivity contribution in [1.82, 2.24) is 5.48 Å². The Bertz CT molecular complexity index is 957. The average molecular weight is 346 g/mol. The molecule has 0 fully saturated rings. The summed E-state index contributed by atoms with van der Waals surface area (Å²) in [7, 11) is 0. The van der Waals surface area contributed by atoms with Crippen LogP contribution in [0.4, 0.5) is 5.69 Å². The number of hydrogen-bond donors (Lipinski definition) is 3. The fourth-order valence-electron chi connectivity index (χ4n) is 2.71. The molecule has 0 unspecified atom stereocenters. The number of amides is 2. The Kier molecular flexibility index (Phi) is 5.41. The van der Waals surface area contributed by atoms with Gasteiger partial charge in [0, 0.05) is 11.8 Å². The number of carbonyl (C=O) groups excluding carboxylic acids is 2. The Labute approximate surface area is 150 Å². The van der Waals surface area contributed by atoms with Crippen molar-refractivity contribution in [2.75, 3.05) is 5.32 Å². The van der Waals surface area contributed by atoms with Crippen LogP contribution in [0.2, 0.25) is 0 Å². The molecule has 0 saturated heterocycles. The standard InChI is InChI=1S/C21H18N2O3/c24-20(23-26)13-10-15-8-11-18(12-9-15)22-21(25)14-17-6-3-5-16-4-1-2-7-19(16)17/h1-13,26H,14H2,(H,22,25)(H,23,24). The van der Waals surface area contributed by atoms with Gasteiger partial charge in [-0.1, -0.05) is 54.6 Å². The normalized spacial score (nSPS) is 10.8.